The van der Waals surface area contributed by atoms with Gasteiger partial charge in [0.05, 0.1) is 24.2 Å². The third kappa shape index (κ3) is 3.37. The molecule has 0 unspecified atom stereocenters. The van der Waals surface area contributed by atoms with Crippen LogP contribution in [0.5, 0.6) is 5.75 Å². The van der Waals surface area contributed by atoms with Crippen molar-refractivity contribution in [2.75, 3.05) is 13.1 Å². The quantitative estimate of drug-likeness (QED) is 0.734. The highest BCUT2D eigenvalue weighted by Crippen LogP contribution is 2.35. The predicted octanol–water partition coefficient (Wildman–Crippen LogP) is 3.73. The standard InChI is InChI=1S/C21H19F3N2O/c22-21(23,24)16-8-5-15(6-9-16)19(26-12-1-2-13-26)17-10-7-14-4-3-11-25-18(14)20(17)27/h3-11,19,27H,1-2,12-13H2/p+1/t19-/m1/s1. The maximum atomic E-state index is 12.9. The molecule has 2 aromatic carbocycles. The van der Waals surface area contributed by atoms with Gasteiger partial charge in [-0.15, -0.1) is 0 Å². The van der Waals surface area contributed by atoms with E-state index in [1.807, 2.05) is 18.2 Å². The summed E-state index contributed by atoms with van der Waals surface area (Å²) < 4.78 is 38.8. The first-order valence-electron chi connectivity index (χ1n) is 9.03. The van der Waals surface area contributed by atoms with Crippen molar-refractivity contribution in [2.45, 2.75) is 25.1 Å². The zero-order valence-corrected chi connectivity index (χ0v) is 14.6. The molecule has 0 saturated carbocycles. The number of phenols is 1. The molecule has 1 aromatic heterocycles. The van der Waals surface area contributed by atoms with Gasteiger partial charge in [0.15, 0.2) is 5.75 Å². The third-order valence-corrected chi connectivity index (χ3v) is 5.32. The molecule has 6 heteroatoms. The fourth-order valence-corrected chi connectivity index (χ4v) is 4.00. The van der Waals surface area contributed by atoms with Gasteiger partial charge in [-0.25, -0.2) is 0 Å². The number of pyridine rings is 1. The highest BCUT2D eigenvalue weighted by molar-refractivity contribution is 5.85. The number of nitrogens with one attached hydrogen (secondary N) is 1. The first kappa shape index (κ1) is 17.8. The molecule has 140 valence electrons. The lowest BCUT2D eigenvalue weighted by Gasteiger charge is -2.26. The van der Waals surface area contributed by atoms with Gasteiger partial charge in [-0.05, 0) is 24.3 Å². The number of hydrogen-bond donors (Lipinski definition) is 2. The van der Waals surface area contributed by atoms with E-state index >= 15 is 0 Å². The Kier molecular flexibility index (Phi) is 4.52. The molecule has 1 fully saturated rings. The molecule has 0 amide bonds. The number of benzene rings is 2. The Labute approximate surface area is 155 Å². The lowest BCUT2D eigenvalue weighted by atomic mass is 9.94. The van der Waals surface area contributed by atoms with Crippen LogP contribution >= 0.6 is 0 Å². The average Bonchev–Trinajstić information content (AvgIpc) is 3.18. The van der Waals surface area contributed by atoms with E-state index in [0.717, 1.165) is 49.0 Å². The normalized spacial score (nSPS) is 16.7. The summed E-state index contributed by atoms with van der Waals surface area (Å²) in [6.07, 6.45) is -0.594. The van der Waals surface area contributed by atoms with Crippen LogP contribution in [-0.2, 0) is 6.18 Å². The van der Waals surface area contributed by atoms with Crippen molar-refractivity contribution in [3.05, 3.63) is 71.4 Å². The molecule has 3 aromatic rings. The van der Waals surface area contributed by atoms with Gasteiger partial charge >= 0.3 is 6.18 Å². The molecular formula is C21H20F3N2O+. The summed E-state index contributed by atoms with van der Waals surface area (Å²) in [4.78, 5) is 5.53. The van der Waals surface area contributed by atoms with Gasteiger partial charge in [0.1, 0.15) is 11.6 Å². The van der Waals surface area contributed by atoms with Crippen molar-refractivity contribution in [3.8, 4) is 5.75 Å². The summed E-state index contributed by atoms with van der Waals surface area (Å²) in [6, 6.07) is 12.5. The number of likely N-dealkylation sites (tertiary alicyclic amines) is 1. The summed E-state index contributed by atoms with van der Waals surface area (Å²) >= 11 is 0. The molecule has 0 spiro atoms. The number of aromatic hydroxyl groups is 1. The van der Waals surface area contributed by atoms with Crippen LogP contribution in [0.15, 0.2) is 54.7 Å². The maximum Gasteiger partial charge on any atom is 0.416 e. The van der Waals surface area contributed by atoms with Crippen LogP contribution in [0.1, 0.15) is 35.6 Å². The van der Waals surface area contributed by atoms with E-state index in [9.17, 15) is 18.3 Å². The first-order valence-corrected chi connectivity index (χ1v) is 9.03. The topological polar surface area (TPSA) is 37.6 Å². The van der Waals surface area contributed by atoms with E-state index in [-0.39, 0.29) is 11.8 Å². The maximum absolute atomic E-state index is 12.9. The van der Waals surface area contributed by atoms with Crippen LogP contribution in [-0.4, -0.2) is 23.2 Å². The zero-order chi connectivity index (χ0) is 19.0. The van der Waals surface area contributed by atoms with Gasteiger partial charge in [-0.2, -0.15) is 13.2 Å². The lowest BCUT2D eigenvalue weighted by Crippen LogP contribution is -3.10. The molecule has 1 saturated heterocycles. The molecule has 4 rings (SSSR count). The predicted molar refractivity (Wildman–Crippen MR) is 96.6 cm³/mol. The van der Waals surface area contributed by atoms with Crippen molar-refractivity contribution in [1.82, 2.24) is 4.98 Å². The highest BCUT2D eigenvalue weighted by atomic mass is 19.4. The number of nitrogens with zero attached hydrogens (tertiary/aromatic N) is 1. The monoisotopic (exact) mass is 373 g/mol. The van der Waals surface area contributed by atoms with Gasteiger partial charge in [0.25, 0.3) is 0 Å². The van der Waals surface area contributed by atoms with Crippen LogP contribution < -0.4 is 4.90 Å². The number of halogens is 3. The van der Waals surface area contributed by atoms with E-state index in [0.29, 0.717) is 11.1 Å². The third-order valence-electron chi connectivity index (χ3n) is 5.32. The zero-order valence-electron chi connectivity index (χ0n) is 14.6. The van der Waals surface area contributed by atoms with Gasteiger partial charge in [-0.1, -0.05) is 24.3 Å². The number of phenolic OH excluding ortho intramolecular Hbond substituents is 1. The number of alkyl halides is 3. The van der Waals surface area contributed by atoms with Crippen molar-refractivity contribution >= 4 is 10.9 Å². The molecule has 1 aliphatic heterocycles. The average molecular weight is 373 g/mol. The van der Waals surface area contributed by atoms with Crippen molar-refractivity contribution in [3.63, 3.8) is 0 Å². The number of fused-ring (bicyclic) bond motifs is 1. The second-order valence-electron chi connectivity index (χ2n) is 7.00. The molecule has 2 heterocycles. The Balaban J connectivity index is 1.82. The minimum atomic E-state index is -4.36. The first-order chi connectivity index (χ1) is 12.9. The van der Waals surface area contributed by atoms with E-state index < -0.39 is 11.7 Å². The minimum absolute atomic E-state index is 0.109. The Morgan fingerprint density at radius 3 is 2.33 bits per heavy atom. The molecule has 0 radical (unpaired) electrons. The summed E-state index contributed by atoms with van der Waals surface area (Å²) in [5, 5.41) is 11.7. The fourth-order valence-electron chi connectivity index (χ4n) is 4.00. The van der Waals surface area contributed by atoms with Crippen LogP contribution in [0.3, 0.4) is 0 Å². The van der Waals surface area contributed by atoms with Gasteiger partial charge in [-0.3, -0.25) is 4.98 Å². The van der Waals surface area contributed by atoms with Gasteiger partial charge in [0, 0.05) is 30.0 Å². The smallest absolute Gasteiger partial charge is 0.416 e. The van der Waals surface area contributed by atoms with Crippen molar-refractivity contribution in [1.29, 1.82) is 0 Å². The van der Waals surface area contributed by atoms with E-state index in [1.165, 1.54) is 17.0 Å². The van der Waals surface area contributed by atoms with E-state index in [2.05, 4.69) is 4.98 Å². The number of rotatable bonds is 3. The van der Waals surface area contributed by atoms with Crippen molar-refractivity contribution < 1.29 is 23.2 Å². The minimum Gasteiger partial charge on any atom is -0.505 e. The van der Waals surface area contributed by atoms with Crippen LogP contribution in [0, 0.1) is 0 Å². The molecule has 0 bridgehead atoms. The SMILES string of the molecule is Oc1c([C@@H](c2ccc(C(F)(F)F)cc2)[NH+]2CCCC2)ccc2cccnc12. The summed E-state index contributed by atoms with van der Waals surface area (Å²) in [5.74, 6) is 0.109. The largest absolute Gasteiger partial charge is 0.505 e. The van der Waals surface area contributed by atoms with Crippen LogP contribution in [0.25, 0.3) is 10.9 Å². The second-order valence-corrected chi connectivity index (χ2v) is 7.00. The molecule has 0 aliphatic carbocycles. The highest BCUT2D eigenvalue weighted by Gasteiger charge is 2.34. The van der Waals surface area contributed by atoms with Gasteiger partial charge < -0.3 is 10.0 Å². The Morgan fingerprint density at radius 2 is 1.67 bits per heavy atom. The summed E-state index contributed by atoms with van der Waals surface area (Å²) in [5.41, 5.74) is 1.33. The number of aromatic nitrogens is 1. The van der Waals surface area contributed by atoms with E-state index in [4.69, 9.17) is 0 Å². The molecule has 1 aliphatic rings. The Bertz CT molecular complexity index is 948. The Morgan fingerprint density at radius 1 is 0.963 bits per heavy atom. The Hall–Kier alpha value is -2.60. The van der Waals surface area contributed by atoms with Crippen LogP contribution in [0.2, 0.25) is 0 Å². The number of hydrogen-bond acceptors (Lipinski definition) is 2. The number of quaternary nitrogens is 1. The molecule has 1 atom stereocenters. The molecular weight excluding hydrogens is 353 g/mol. The van der Waals surface area contributed by atoms with Crippen LogP contribution in [0.4, 0.5) is 13.2 Å². The van der Waals surface area contributed by atoms with E-state index in [1.54, 1.807) is 12.3 Å². The lowest BCUT2D eigenvalue weighted by molar-refractivity contribution is -0.913. The molecule has 27 heavy (non-hydrogen) atoms. The molecule has 3 nitrogen and oxygen atoms in total. The second kappa shape index (κ2) is 6.85. The van der Waals surface area contributed by atoms with Gasteiger partial charge in [0.2, 0.25) is 0 Å². The summed E-state index contributed by atoms with van der Waals surface area (Å²) in [7, 11) is 0. The van der Waals surface area contributed by atoms with Crippen molar-refractivity contribution in [2.24, 2.45) is 0 Å². The summed E-state index contributed by atoms with van der Waals surface area (Å²) in [6.45, 7) is 1.84. The molecule has 2 N–H and O–H groups in total. The fraction of sp³-hybridized carbons (Fsp3) is 0.286.